The molecule has 0 saturated carbocycles. The molecule has 16 heteroatoms. The van der Waals surface area contributed by atoms with Crippen molar-refractivity contribution in [1.82, 2.24) is 9.80 Å². The zero-order chi connectivity index (χ0) is 43.1. The smallest absolute Gasteiger partial charge is 0.332 e. The van der Waals surface area contributed by atoms with Crippen molar-refractivity contribution in [3.63, 3.8) is 0 Å². The lowest BCUT2D eigenvalue weighted by Crippen LogP contribution is -2.74. The summed E-state index contributed by atoms with van der Waals surface area (Å²) in [6.07, 6.45) is 2.42. The Bertz CT molecular complexity index is 1410. The molecular weight excluding hydrogens is 768 g/mol. The highest BCUT2D eigenvalue weighted by atomic mass is 16.7. The second-order valence-corrected chi connectivity index (χ2v) is 16.5. The summed E-state index contributed by atoms with van der Waals surface area (Å²) in [6.45, 7) is 1.13. The van der Waals surface area contributed by atoms with Gasteiger partial charge < -0.3 is 54.7 Å². The van der Waals surface area contributed by atoms with Gasteiger partial charge in [0.25, 0.3) is 0 Å². The molecule has 0 spiro atoms. The van der Waals surface area contributed by atoms with Crippen molar-refractivity contribution in [2.24, 2.45) is 5.41 Å². The summed E-state index contributed by atoms with van der Waals surface area (Å²) < 4.78 is 23.1. The molecule has 4 amide bonds. The number of unbranched alkanes of at least 4 members (excludes halogenated alkanes) is 15. The molecule has 0 aliphatic carbocycles. The number of imide groups is 2. The van der Waals surface area contributed by atoms with E-state index in [1.165, 1.54) is 97.6 Å². The Morgan fingerprint density at radius 1 is 0.610 bits per heavy atom. The van der Waals surface area contributed by atoms with Gasteiger partial charge in [-0.3, -0.25) is 19.4 Å². The molecule has 1 aromatic rings. The normalized spacial score (nSPS) is 30.0. The Morgan fingerprint density at radius 2 is 1.10 bits per heavy atom. The first-order valence-corrected chi connectivity index (χ1v) is 21.7. The van der Waals surface area contributed by atoms with Crippen LogP contribution in [0.4, 0.5) is 4.79 Å². The predicted octanol–water partition coefficient (Wildman–Crippen LogP) is 2.57. The maximum absolute atomic E-state index is 14.1. The molecule has 3 fully saturated rings. The molecule has 7 N–H and O–H groups in total. The average Bonchev–Trinajstić information content (AvgIpc) is 3.24. The number of rotatable bonds is 25. The number of carbonyl (C=O) groups is 3. The summed E-state index contributed by atoms with van der Waals surface area (Å²) in [5, 5.41) is 73.9. The van der Waals surface area contributed by atoms with Gasteiger partial charge in [-0.15, -0.1) is 0 Å². The van der Waals surface area contributed by atoms with Crippen LogP contribution in [0.5, 0.6) is 5.75 Å². The molecule has 0 radical (unpaired) electrons. The Kier molecular flexibility index (Phi) is 19.9. The second kappa shape index (κ2) is 24.0. The van der Waals surface area contributed by atoms with Crippen LogP contribution in [0, 0.1) is 5.41 Å². The van der Waals surface area contributed by atoms with Crippen molar-refractivity contribution in [2.45, 2.75) is 177 Å². The number of barbiturate groups is 1. The van der Waals surface area contributed by atoms with E-state index in [9.17, 15) is 50.1 Å². The molecule has 3 heterocycles. The lowest BCUT2D eigenvalue weighted by atomic mass is 9.69. The Balaban J connectivity index is 1.32. The number of benzene rings is 1. The molecule has 0 aromatic heterocycles. The monoisotopic (exact) mass is 838 g/mol. The van der Waals surface area contributed by atoms with Crippen molar-refractivity contribution in [1.29, 1.82) is 0 Å². The van der Waals surface area contributed by atoms with E-state index >= 15 is 0 Å². The van der Waals surface area contributed by atoms with Crippen LogP contribution >= 0.6 is 0 Å². The number of hydrogen-bond donors (Lipinski definition) is 7. The predicted molar refractivity (Wildman–Crippen MR) is 215 cm³/mol. The van der Waals surface area contributed by atoms with Crippen molar-refractivity contribution in [3.8, 4) is 5.75 Å². The fraction of sp³-hybridized carbons (Fsp3) is 0.791. The molecule has 3 saturated heterocycles. The first-order valence-electron chi connectivity index (χ1n) is 21.7. The molecule has 3 aliphatic heterocycles. The molecule has 336 valence electrons. The van der Waals surface area contributed by atoms with Crippen LogP contribution in [0.3, 0.4) is 0 Å². The van der Waals surface area contributed by atoms with E-state index in [-0.39, 0.29) is 6.42 Å². The molecule has 3 aliphatic rings. The molecule has 4 rings (SSSR count). The van der Waals surface area contributed by atoms with Gasteiger partial charge >= 0.3 is 6.03 Å². The number of amides is 4. The summed E-state index contributed by atoms with van der Waals surface area (Å²) in [4.78, 5) is 42.6. The number of ether oxygens (including phenoxy) is 4. The highest BCUT2D eigenvalue weighted by Gasteiger charge is 2.65. The molecule has 0 unspecified atom stereocenters. The first-order chi connectivity index (χ1) is 28.3. The van der Waals surface area contributed by atoms with Crippen molar-refractivity contribution < 1.29 is 69.1 Å². The highest BCUT2D eigenvalue weighted by molar-refractivity contribution is 6.19. The molecule has 0 bridgehead atoms. The Hall–Kier alpha value is -2.77. The third-order valence-corrected chi connectivity index (χ3v) is 12.1. The third kappa shape index (κ3) is 12.2. The number of urea groups is 1. The highest BCUT2D eigenvalue weighted by Crippen LogP contribution is 2.43. The van der Waals surface area contributed by atoms with E-state index < -0.39 is 97.7 Å². The molecule has 10 atom stereocenters. The summed E-state index contributed by atoms with van der Waals surface area (Å²) in [6, 6.07) is 5.78. The van der Waals surface area contributed by atoms with Gasteiger partial charge in [0.2, 0.25) is 11.8 Å². The van der Waals surface area contributed by atoms with E-state index in [1.54, 1.807) is 24.3 Å². The lowest BCUT2D eigenvalue weighted by Gasteiger charge is -2.52. The Labute approximate surface area is 348 Å². The zero-order valence-corrected chi connectivity index (χ0v) is 35.1. The maximum atomic E-state index is 14.1. The fourth-order valence-electron chi connectivity index (χ4n) is 8.45. The summed E-state index contributed by atoms with van der Waals surface area (Å²) in [5.74, 6) is -1.43. The van der Waals surface area contributed by atoms with Gasteiger partial charge in [-0.25, -0.2) is 4.79 Å². The quantitative estimate of drug-likeness (QED) is 0.0554. The topological polar surface area (TPSA) is 236 Å². The third-order valence-electron chi connectivity index (χ3n) is 12.1. The average molecular weight is 839 g/mol. The summed E-state index contributed by atoms with van der Waals surface area (Å²) in [5.41, 5.74) is -1.86. The van der Waals surface area contributed by atoms with E-state index in [1.807, 2.05) is 0 Å². The van der Waals surface area contributed by atoms with E-state index in [4.69, 9.17) is 18.9 Å². The zero-order valence-electron chi connectivity index (χ0n) is 35.1. The number of hydrogen-bond acceptors (Lipinski definition) is 14. The van der Waals surface area contributed by atoms with Gasteiger partial charge in [-0.05, 0) is 30.5 Å². The van der Waals surface area contributed by atoms with Crippen LogP contribution in [0.15, 0.2) is 24.3 Å². The number of aliphatic hydroxyl groups is 7. The van der Waals surface area contributed by atoms with Crippen LogP contribution in [-0.2, 0) is 30.2 Å². The van der Waals surface area contributed by atoms with Crippen molar-refractivity contribution in [2.75, 3.05) is 33.9 Å². The standard InChI is InChI=1S/C43H70N2O14/c1-4-5-6-7-8-9-10-11-12-13-14-15-16-17-18-19-24-56-29-22-20-28(21-23-29)25-43(40(53)44(2)42(55)45(3)41(43)54)38-35(51)34(50)37(31(27-47)57-38)59-39-36(52)33(49)32(48)30(26-46)58-39/h20-23,30-39,46-52H,4-19,24-27H2,1-3H3/t30-,31-,32-,33+,34-,35-,36-,37-,38-,39+/m1/s1. The first kappa shape index (κ1) is 48.9. The van der Waals surface area contributed by atoms with Gasteiger partial charge in [-0.2, -0.15) is 0 Å². The van der Waals surface area contributed by atoms with E-state index in [0.29, 0.717) is 17.9 Å². The minimum absolute atomic E-state index is 0.378. The van der Waals surface area contributed by atoms with Crippen LogP contribution < -0.4 is 4.74 Å². The van der Waals surface area contributed by atoms with E-state index in [0.717, 1.165) is 29.1 Å². The van der Waals surface area contributed by atoms with Gasteiger partial charge in [0.05, 0.1) is 19.8 Å². The minimum Gasteiger partial charge on any atom is -0.494 e. The van der Waals surface area contributed by atoms with Crippen molar-refractivity contribution >= 4 is 17.8 Å². The van der Waals surface area contributed by atoms with Crippen molar-refractivity contribution in [3.05, 3.63) is 29.8 Å². The fourth-order valence-corrected chi connectivity index (χ4v) is 8.45. The minimum atomic E-state index is -2.31. The van der Waals surface area contributed by atoms with Gasteiger partial charge in [0.15, 0.2) is 11.7 Å². The summed E-state index contributed by atoms with van der Waals surface area (Å²) in [7, 11) is 2.36. The SMILES string of the molecule is CCCCCCCCCCCCCCCCCCOc1ccc(CC2([C@@H]3O[C@H](CO)[C@@H](O[C@@H]4O[C@H](CO)[C@@H](O)[C@H](O)[C@H]4O)[C@H](O)[C@H]3O)C(=O)N(C)C(=O)N(C)C2=O)cc1. The summed E-state index contributed by atoms with van der Waals surface area (Å²) >= 11 is 0. The molecule has 16 nitrogen and oxygen atoms in total. The lowest BCUT2D eigenvalue weighted by molar-refractivity contribution is -0.345. The van der Waals surface area contributed by atoms with E-state index in [2.05, 4.69) is 6.92 Å². The Morgan fingerprint density at radius 3 is 1.59 bits per heavy atom. The van der Waals surface area contributed by atoms with Gasteiger partial charge in [0, 0.05) is 14.1 Å². The largest absolute Gasteiger partial charge is 0.494 e. The van der Waals surface area contributed by atoms with Gasteiger partial charge in [-0.1, -0.05) is 115 Å². The second-order valence-electron chi connectivity index (χ2n) is 16.5. The molecule has 59 heavy (non-hydrogen) atoms. The van der Waals surface area contributed by atoms with Crippen LogP contribution in [0.1, 0.15) is 115 Å². The van der Waals surface area contributed by atoms with Crippen LogP contribution in [0.2, 0.25) is 0 Å². The maximum Gasteiger partial charge on any atom is 0.332 e. The van der Waals surface area contributed by atoms with Crippen LogP contribution in [-0.4, -0.2) is 159 Å². The van der Waals surface area contributed by atoms with Crippen LogP contribution in [0.25, 0.3) is 0 Å². The molecular formula is C43H70N2O14. The molecule has 1 aromatic carbocycles. The number of aliphatic hydroxyl groups excluding tert-OH is 7. The number of nitrogens with zero attached hydrogens (tertiary/aromatic N) is 2. The van der Waals surface area contributed by atoms with Gasteiger partial charge in [0.1, 0.15) is 60.7 Å². The number of carbonyl (C=O) groups excluding carboxylic acids is 3.